The Morgan fingerprint density at radius 3 is 1.40 bits per heavy atom. The molecule has 5 heteroatoms. The van der Waals surface area contributed by atoms with Gasteiger partial charge in [0.1, 0.15) is 0 Å². The van der Waals surface area contributed by atoms with Gasteiger partial charge in [0, 0.05) is 0 Å². The van der Waals surface area contributed by atoms with Gasteiger partial charge in [-0.15, -0.1) is 0 Å². The minimum absolute atomic E-state index is 0. The van der Waals surface area contributed by atoms with Crippen LogP contribution in [0, 0.1) is 0 Å². The van der Waals surface area contributed by atoms with Gasteiger partial charge >= 0.3 is 51.3 Å². The van der Waals surface area contributed by atoms with Crippen molar-refractivity contribution in [3.63, 3.8) is 0 Å². The van der Waals surface area contributed by atoms with Crippen LogP contribution in [-0.4, -0.2) is 12.9 Å². The summed E-state index contributed by atoms with van der Waals surface area (Å²) in [6, 6.07) is 0. The second-order valence-corrected chi connectivity index (χ2v) is 2.47. The predicted octanol–water partition coefficient (Wildman–Crippen LogP) is -2.11. The van der Waals surface area contributed by atoms with Crippen molar-refractivity contribution in [2.45, 2.75) is 0 Å². The van der Waals surface area contributed by atoms with Crippen LogP contribution < -0.4 is 8.38 Å². The second kappa shape index (κ2) is 5.28. The van der Waals surface area contributed by atoms with Gasteiger partial charge in [-0.25, -0.2) is 0 Å². The summed E-state index contributed by atoms with van der Waals surface area (Å²) in [7, 11) is 3.63. The maximum atomic E-state index is 8.91. The van der Waals surface area contributed by atoms with E-state index in [1.807, 2.05) is 0 Å². The summed E-state index contributed by atoms with van der Waals surface area (Å²) in [6.07, 6.45) is 0. The monoisotopic (exact) mass is 208 g/mol. The van der Waals surface area contributed by atoms with Gasteiger partial charge in [0.05, 0.1) is 0 Å². The first kappa shape index (κ1) is 9.56. The molecule has 0 rings (SSSR count). The quantitative estimate of drug-likeness (QED) is 0.428. The van der Waals surface area contributed by atoms with Crippen molar-refractivity contribution in [3.05, 3.63) is 0 Å². The zero-order valence-corrected chi connectivity index (χ0v) is 7.84. The molecule has 0 heterocycles. The molecule has 0 aliphatic rings. The maximum absolute atomic E-state index is 8.91. The van der Waals surface area contributed by atoms with E-state index in [9.17, 15) is 0 Å². The van der Waals surface area contributed by atoms with Gasteiger partial charge in [0.2, 0.25) is 0 Å². The average molecular weight is 208 g/mol. The summed E-state index contributed by atoms with van der Waals surface area (Å²) in [4.78, 5) is 0. The molecule has 26 valence electrons. The zero-order valence-electron chi connectivity index (χ0n) is 2.34. The molecule has 0 spiro atoms. The van der Waals surface area contributed by atoms with Gasteiger partial charge in [-0.2, -0.15) is 0 Å². The SMILES string of the molecule is [O-][Se]([O-])=S.[Zn+2]. The first-order valence-corrected chi connectivity index (χ1v) is 4.33. The minimum Gasteiger partial charge on any atom is 2.00 e. The van der Waals surface area contributed by atoms with Crippen LogP contribution in [-0.2, 0) is 19.5 Å². The Labute approximate surface area is 51.3 Å². The van der Waals surface area contributed by atoms with Crippen LogP contribution in [0.25, 0.3) is 0 Å². The molecular weight excluding hydrogens is 208 g/mol. The molecule has 0 saturated carbocycles. The van der Waals surface area contributed by atoms with Crippen molar-refractivity contribution >= 4 is 23.5 Å². The number of hydrogen-bond donors (Lipinski definition) is 0. The van der Waals surface area contributed by atoms with E-state index < -0.39 is 12.9 Å². The van der Waals surface area contributed by atoms with Gasteiger partial charge < -0.3 is 0 Å². The van der Waals surface area contributed by atoms with Crippen LogP contribution in [0.2, 0.25) is 0 Å². The number of hydrogen-bond acceptors (Lipinski definition) is 3. The molecule has 0 aromatic rings. The fourth-order valence-corrected chi connectivity index (χ4v) is 0. The Morgan fingerprint density at radius 1 is 1.40 bits per heavy atom. The topological polar surface area (TPSA) is 46.1 Å². The van der Waals surface area contributed by atoms with Gasteiger partial charge in [-0.05, 0) is 0 Å². The summed E-state index contributed by atoms with van der Waals surface area (Å²) in [5, 5.41) is 0. The van der Waals surface area contributed by atoms with Crippen molar-refractivity contribution in [1.29, 1.82) is 0 Å². The fourth-order valence-electron chi connectivity index (χ4n) is 0. The van der Waals surface area contributed by atoms with Crippen molar-refractivity contribution in [1.82, 2.24) is 0 Å². The van der Waals surface area contributed by atoms with E-state index in [0.29, 0.717) is 0 Å². The van der Waals surface area contributed by atoms with Crippen LogP contribution >= 0.6 is 10.6 Å². The van der Waals surface area contributed by atoms with Crippen molar-refractivity contribution in [2.75, 3.05) is 0 Å². The normalized spacial score (nSPS) is 7.00. The molecule has 0 aliphatic carbocycles. The molecule has 0 unspecified atom stereocenters. The third kappa shape index (κ3) is 34.6. The third-order valence-corrected chi connectivity index (χ3v) is 0. The summed E-state index contributed by atoms with van der Waals surface area (Å²) < 4.78 is 17.8. The molecule has 0 aromatic heterocycles. The summed E-state index contributed by atoms with van der Waals surface area (Å²) in [5.74, 6) is 0. The fraction of sp³-hybridized carbons (Fsp3) is 0. The molecule has 0 amide bonds. The van der Waals surface area contributed by atoms with Gasteiger partial charge in [0.15, 0.2) is 0 Å². The smallest absolute Gasteiger partial charge is 2.00 e. The largest absolute Gasteiger partial charge is 2.00 e. The van der Waals surface area contributed by atoms with Crippen LogP contribution in [0.15, 0.2) is 0 Å². The first-order chi connectivity index (χ1) is 1.73. The number of rotatable bonds is 0. The summed E-state index contributed by atoms with van der Waals surface area (Å²) in [5.41, 5.74) is 0. The molecule has 0 fully saturated rings. The van der Waals surface area contributed by atoms with Crippen molar-refractivity contribution < 1.29 is 27.9 Å². The maximum Gasteiger partial charge on any atom is 2.00 e. The van der Waals surface area contributed by atoms with E-state index in [0.717, 1.165) is 0 Å². The van der Waals surface area contributed by atoms with Gasteiger partial charge in [-0.1, -0.05) is 0 Å². The second-order valence-electron chi connectivity index (χ2n) is 0.204. The van der Waals surface area contributed by atoms with E-state index >= 15 is 0 Å². The Bertz CT molecular complexity index is 32.6. The first-order valence-electron chi connectivity index (χ1n) is 0.500. The van der Waals surface area contributed by atoms with E-state index in [-0.39, 0.29) is 19.5 Å². The Morgan fingerprint density at radius 2 is 1.40 bits per heavy atom. The molecule has 0 N–H and O–H groups in total. The molecule has 0 bridgehead atoms. The molecular formula is O2SSeZn. The molecule has 0 aliphatic heterocycles. The third-order valence-electron chi connectivity index (χ3n) is 0. The Kier molecular flexibility index (Phi) is 10.1. The Hall–Kier alpha value is 1.28. The summed E-state index contributed by atoms with van der Waals surface area (Å²) in [6.45, 7) is 0. The van der Waals surface area contributed by atoms with Crippen LogP contribution in [0.5, 0.6) is 0 Å². The average Bonchev–Trinajstić information content (AvgIpc) is 0.811. The van der Waals surface area contributed by atoms with Crippen LogP contribution in [0.3, 0.4) is 0 Å². The van der Waals surface area contributed by atoms with Crippen LogP contribution in [0.4, 0.5) is 0 Å². The minimum atomic E-state index is -2.96. The van der Waals surface area contributed by atoms with Crippen LogP contribution in [0.1, 0.15) is 0 Å². The molecule has 2 nitrogen and oxygen atoms in total. The molecule has 0 saturated heterocycles. The van der Waals surface area contributed by atoms with Gasteiger partial charge in [-0.3, -0.25) is 0 Å². The molecule has 0 aromatic carbocycles. The van der Waals surface area contributed by atoms with E-state index in [1.165, 1.54) is 0 Å². The molecule has 5 heavy (non-hydrogen) atoms. The van der Waals surface area contributed by atoms with E-state index in [2.05, 4.69) is 10.6 Å². The molecule has 0 atom stereocenters. The van der Waals surface area contributed by atoms with Crippen molar-refractivity contribution in [3.8, 4) is 0 Å². The predicted molar refractivity (Wildman–Crippen MR) is 13.3 cm³/mol. The van der Waals surface area contributed by atoms with E-state index in [1.54, 1.807) is 0 Å². The Balaban J connectivity index is 0. The van der Waals surface area contributed by atoms with Crippen molar-refractivity contribution in [2.24, 2.45) is 0 Å². The zero-order chi connectivity index (χ0) is 3.58. The molecule has 0 radical (unpaired) electrons. The van der Waals surface area contributed by atoms with Gasteiger partial charge in [0.25, 0.3) is 0 Å². The standard InChI is InChI=1S/H2O2SSe.Zn/c1-4(2)3;/h(H2,1,2,3);/q;+2/p-2. The summed E-state index contributed by atoms with van der Waals surface area (Å²) >= 11 is -2.96. The van der Waals surface area contributed by atoms with E-state index in [4.69, 9.17) is 8.38 Å².